The molecule has 3 nitrogen and oxygen atoms in total. The van der Waals surface area contributed by atoms with Crippen molar-refractivity contribution in [3.05, 3.63) is 0 Å². The van der Waals surface area contributed by atoms with Crippen LogP contribution in [-0.4, -0.2) is 51.3 Å². The minimum absolute atomic E-state index is 0.518. The molecule has 0 aliphatic heterocycles. The lowest BCUT2D eigenvalue weighted by Crippen LogP contribution is -2.34. The summed E-state index contributed by atoms with van der Waals surface area (Å²) in [4.78, 5) is 2.35. The monoisotopic (exact) mass is 202 g/mol. The third-order valence-electron chi connectivity index (χ3n) is 2.80. The lowest BCUT2D eigenvalue weighted by atomic mass is 10.1. The van der Waals surface area contributed by atoms with Crippen molar-refractivity contribution in [1.29, 1.82) is 0 Å². The normalized spacial score (nSPS) is 15.9. The zero-order valence-corrected chi connectivity index (χ0v) is 10.3. The van der Waals surface area contributed by atoms with Crippen LogP contribution in [0.5, 0.6) is 0 Å². The fraction of sp³-hybridized carbons (Fsp3) is 1.00. The van der Waals surface area contributed by atoms with Crippen LogP contribution >= 0.6 is 0 Å². The van der Waals surface area contributed by atoms with E-state index >= 15 is 0 Å². The predicted octanol–water partition coefficient (Wildman–Crippen LogP) is 1.34. The molecule has 0 radical (unpaired) electrons. The molecule has 0 aliphatic carbocycles. The maximum atomic E-state index is 5.12. The summed E-state index contributed by atoms with van der Waals surface area (Å²) in [5, 5.41) is 3.25. The van der Waals surface area contributed by atoms with E-state index in [1.165, 1.54) is 12.8 Å². The van der Waals surface area contributed by atoms with Crippen LogP contribution in [0.2, 0.25) is 0 Å². The number of likely N-dealkylation sites (N-methyl/N-ethyl adjacent to an activating group) is 1. The first-order valence-electron chi connectivity index (χ1n) is 5.48. The molecule has 0 amide bonds. The molecular weight excluding hydrogens is 176 g/mol. The number of ether oxygens (including phenoxy) is 1. The zero-order valence-electron chi connectivity index (χ0n) is 10.3. The van der Waals surface area contributed by atoms with Gasteiger partial charge in [0.05, 0.1) is 6.61 Å². The van der Waals surface area contributed by atoms with Crippen molar-refractivity contribution in [2.24, 2.45) is 0 Å². The first-order valence-corrected chi connectivity index (χ1v) is 5.48. The van der Waals surface area contributed by atoms with Crippen LogP contribution in [0.4, 0.5) is 0 Å². The van der Waals surface area contributed by atoms with Crippen LogP contribution in [0, 0.1) is 0 Å². The maximum Gasteiger partial charge on any atom is 0.0615 e. The summed E-state index contributed by atoms with van der Waals surface area (Å²) < 4.78 is 5.12. The molecule has 86 valence electrons. The summed E-state index contributed by atoms with van der Waals surface area (Å²) >= 11 is 0. The van der Waals surface area contributed by atoms with Crippen LogP contribution in [0.3, 0.4) is 0 Å². The Hall–Kier alpha value is -0.120. The summed E-state index contributed by atoms with van der Waals surface area (Å²) in [6.07, 6.45) is 2.48. The van der Waals surface area contributed by atoms with E-state index in [9.17, 15) is 0 Å². The van der Waals surface area contributed by atoms with Gasteiger partial charge in [-0.2, -0.15) is 0 Å². The van der Waals surface area contributed by atoms with E-state index in [1.54, 1.807) is 7.11 Å². The third-order valence-corrected chi connectivity index (χ3v) is 2.80. The fourth-order valence-electron chi connectivity index (χ4n) is 1.38. The highest BCUT2D eigenvalue weighted by atomic mass is 16.5. The van der Waals surface area contributed by atoms with Crippen LogP contribution in [0.1, 0.15) is 26.7 Å². The third kappa shape index (κ3) is 6.35. The van der Waals surface area contributed by atoms with Gasteiger partial charge in [-0.25, -0.2) is 0 Å². The van der Waals surface area contributed by atoms with Gasteiger partial charge in [-0.05, 0) is 47.3 Å². The largest absolute Gasteiger partial charge is 0.383 e. The van der Waals surface area contributed by atoms with E-state index < -0.39 is 0 Å². The molecule has 2 atom stereocenters. The van der Waals surface area contributed by atoms with Gasteiger partial charge >= 0.3 is 0 Å². The van der Waals surface area contributed by atoms with Crippen LogP contribution in [0.15, 0.2) is 0 Å². The second-order valence-corrected chi connectivity index (χ2v) is 4.12. The number of nitrogens with zero attached hydrogens (tertiary/aromatic N) is 1. The average molecular weight is 202 g/mol. The van der Waals surface area contributed by atoms with Crippen molar-refractivity contribution in [3.8, 4) is 0 Å². The summed E-state index contributed by atoms with van der Waals surface area (Å²) in [6, 6.07) is 1.14. The molecule has 0 aliphatic rings. The number of rotatable bonds is 8. The Morgan fingerprint density at radius 1 is 1.36 bits per heavy atom. The highest BCUT2D eigenvalue weighted by Gasteiger charge is 2.08. The van der Waals surface area contributed by atoms with E-state index in [4.69, 9.17) is 4.74 Å². The topological polar surface area (TPSA) is 24.5 Å². The van der Waals surface area contributed by atoms with Crippen LogP contribution < -0.4 is 5.32 Å². The Balaban J connectivity index is 3.47. The van der Waals surface area contributed by atoms with Crippen molar-refractivity contribution >= 4 is 0 Å². The molecule has 1 N–H and O–H groups in total. The molecule has 0 spiro atoms. The SMILES string of the molecule is CNC(C)CCCN(C)C(C)COC. The molecule has 0 saturated carbocycles. The molecule has 3 heteroatoms. The van der Waals surface area contributed by atoms with Crippen molar-refractivity contribution < 1.29 is 4.74 Å². The number of methoxy groups -OCH3 is 1. The molecule has 0 saturated heterocycles. The molecule has 0 bridgehead atoms. The Bertz CT molecular complexity index is 130. The van der Waals surface area contributed by atoms with E-state index in [0.29, 0.717) is 12.1 Å². The molecular formula is C11H26N2O. The quantitative estimate of drug-likeness (QED) is 0.643. The van der Waals surface area contributed by atoms with Gasteiger partial charge < -0.3 is 15.0 Å². The van der Waals surface area contributed by atoms with Crippen molar-refractivity contribution in [2.45, 2.75) is 38.8 Å². The Labute approximate surface area is 88.8 Å². The van der Waals surface area contributed by atoms with Gasteiger partial charge in [0.2, 0.25) is 0 Å². The van der Waals surface area contributed by atoms with Gasteiger partial charge in [0.15, 0.2) is 0 Å². The Morgan fingerprint density at radius 2 is 2.00 bits per heavy atom. The summed E-state index contributed by atoms with van der Waals surface area (Å²) in [7, 11) is 5.93. The van der Waals surface area contributed by atoms with Gasteiger partial charge in [-0.3, -0.25) is 0 Å². The van der Waals surface area contributed by atoms with Gasteiger partial charge in [0.1, 0.15) is 0 Å². The standard InChI is InChI=1S/C11H26N2O/c1-10(12-3)7-6-8-13(4)11(2)9-14-5/h10-12H,6-9H2,1-5H3. The van der Waals surface area contributed by atoms with Gasteiger partial charge in [0, 0.05) is 19.2 Å². The lowest BCUT2D eigenvalue weighted by molar-refractivity contribution is 0.114. The fourth-order valence-corrected chi connectivity index (χ4v) is 1.38. The number of hydrogen-bond acceptors (Lipinski definition) is 3. The van der Waals surface area contributed by atoms with Gasteiger partial charge in [-0.1, -0.05) is 0 Å². The molecule has 0 rings (SSSR count). The number of hydrogen-bond donors (Lipinski definition) is 1. The highest BCUT2D eigenvalue weighted by Crippen LogP contribution is 2.01. The Morgan fingerprint density at radius 3 is 2.50 bits per heavy atom. The molecule has 14 heavy (non-hydrogen) atoms. The lowest BCUT2D eigenvalue weighted by Gasteiger charge is -2.24. The minimum atomic E-state index is 0.518. The minimum Gasteiger partial charge on any atom is -0.383 e. The van der Waals surface area contributed by atoms with Gasteiger partial charge in [-0.15, -0.1) is 0 Å². The molecule has 0 heterocycles. The van der Waals surface area contributed by atoms with E-state index in [0.717, 1.165) is 13.2 Å². The van der Waals surface area contributed by atoms with Gasteiger partial charge in [0.25, 0.3) is 0 Å². The molecule has 0 aromatic carbocycles. The smallest absolute Gasteiger partial charge is 0.0615 e. The van der Waals surface area contributed by atoms with Crippen molar-refractivity contribution in [1.82, 2.24) is 10.2 Å². The average Bonchev–Trinajstić information content (AvgIpc) is 2.17. The second kappa shape index (κ2) is 8.21. The molecule has 0 fully saturated rings. The maximum absolute atomic E-state index is 5.12. The second-order valence-electron chi connectivity index (χ2n) is 4.12. The zero-order chi connectivity index (χ0) is 11.0. The van der Waals surface area contributed by atoms with E-state index in [1.807, 2.05) is 7.05 Å². The predicted molar refractivity (Wildman–Crippen MR) is 61.7 cm³/mol. The molecule has 0 aromatic rings. The Kier molecular flexibility index (Phi) is 8.14. The summed E-state index contributed by atoms with van der Waals surface area (Å²) in [5.74, 6) is 0. The first kappa shape index (κ1) is 13.9. The van der Waals surface area contributed by atoms with Crippen LogP contribution in [-0.2, 0) is 4.74 Å². The number of nitrogens with one attached hydrogen (secondary N) is 1. The van der Waals surface area contributed by atoms with E-state index in [2.05, 4.69) is 31.1 Å². The van der Waals surface area contributed by atoms with E-state index in [-0.39, 0.29) is 0 Å². The summed E-state index contributed by atoms with van der Waals surface area (Å²) in [6.45, 7) is 6.39. The van der Waals surface area contributed by atoms with Crippen molar-refractivity contribution in [2.75, 3.05) is 34.4 Å². The molecule has 0 aromatic heterocycles. The molecule has 2 unspecified atom stereocenters. The highest BCUT2D eigenvalue weighted by molar-refractivity contribution is 4.64. The first-order chi connectivity index (χ1) is 6.61. The van der Waals surface area contributed by atoms with Crippen LogP contribution in [0.25, 0.3) is 0 Å². The van der Waals surface area contributed by atoms with Crippen molar-refractivity contribution in [3.63, 3.8) is 0 Å². The summed E-state index contributed by atoms with van der Waals surface area (Å²) in [5.41, 5.74) is 0.